The summed E-state index contributed by atoms with van der Waals surface area (Å²) in [5.41, 5.74) is 0.624. The Morgan fingerprint density at radius 3 is 2.65 bits per heavy atom. The Hall–Kier alpha value is -1.65. The van der Waals surface area contributed by atoms with E-state index in [0.29, 0.717) is 17.5 Å². The summed E-state index contributed by atoms with van der Waals surface area (Å²) in [4.78, 5) is 25.9. The van der Waals surface area contributed by atoms with Crippen molar-refractivity contribution in [2.75, 3.05) is 24.5 Å². The lowest BCUT2D eigenvalue weighted by atomic mass is 9.99. The van der Waals surface area contributed by atoms with Gasteiger partial charge in [0.25, 0.3) is 5.91 Å². The molecule has 3 rings (SSSR count). The topological polar surface area (TPSA) is 49.3 Å². The summed E-state index contributed by atoms with van der Waals surface area (Å²) in [7, 11) is 0. The van der Waals surface area contributed by atoms with Gasteiger partial charge in [-0.15, -0.1) is 0 Å². The molecule has 0 aliphatic carbocycles. The number of likely N-dealkylation sites (tertiary alicyclic amines) is 1. The minimum Gasteiger partial charge on any atom is -0.341 e. The van der Waals surface area contributed by atoms with Gasteiger partial charge < -0.3 is 9.80 Å². The van der Waals surface area contributed by atoms with E-state index >= 15 is 0 Å². The van der Waals surface area contributed by atoms with Crippen LogP contribution in [-0.2, 0) is 0 Å². The lowest BCUT2D eigenvalue weighted by Gasteiger charge is -2.35. The van der Waals surface area contributed by atoms with E-state index in [1.165, 1.54) is 19.3 Å². The number of piperidine rings is 2. The van der Waals surface area contributed by atoms with E-state index in [1.807, 2.05) is 4.90 Å². The third-order valence-corrected chi connectivity index (χ3v) is 5.18. The molecule has 2 fully saturated rings. The smallest absolute Gasteiger partial charge is 0.257 e. The Morgan fingerprint density at radius 2 is 1.96 bits per heavy atom. The molecule has 5 nitrogen and oxygen atoms in total. The van der Waals surface area contributed by atoms with Gasteiger partial charge in [-0.05, 0) is 44.4 Å². The van der Waals surface area contributed by atoms with Gasteiger partial charge in [-0.2, -0.15) is 0 Å². The third kappa shape index (κ3) is 3.65. The Balaban J connectivity index is 1.70. The molecule has 2 aliphatic rings. The Bertz CT molecular complexity index is 530. The summed E-state index contributed by atoms with van der Waals surface area (Å²) in [5.74, 6) is 1.54. The number of aromatic nitrogens is 2. The van der Waals surface area contributed by atoms with Crippen LogP contribution in [0.5, 0.6) is 0 Å². The minimum absolute atomic E-state index is 0.0927. The van der Waals surface area contributed by atoms with Crippen molar-refractivity contribution in [1.29, 1.82) is 0 Å². The van der Waals surface area contributed by atoms with Crippen molar-refractivity contribution in [1.82, 2.24) is 14.9 Å². The standard InChI is InChI=1S/C18H28N4O/c1-3-16-8-4-5-10-22(16)17(23)15-11-19-18(20-12-15)21-9-6-7-14(2)13-21/h11-12,14,16H,3-10,13H2,1-2H3. The average molecular weight is 316 g/mol. The summed E-state index contributed by atoms with van der Waals surface area (Å²) < 4.78 is 0. The van der Waals surface area contributed by atoms with Crippen molar-refractivity contribution in [2.24, 2.45) is 5.92 Å². The molecule has 5 heteroatoms. The number of anilines is 1. The average Bonchev–Trinajstić information content (AvgIpc) is 2.61. The predicted octanol–water partition coefficient (Wildman–Crippen LogP) is 3.12. The van der Waals surface area contributed by atoms with Gasteiger partial charge in [0.1, 0.15) is 0 Å². The van der Waals surface area contributed by atoms with Crippen LogP contribution in [0.2, 0.25) is 0 Å². The molecular weight excluding hydrogens is 288 g/mol. The Morgan fingerprint density at radius 1 is 1.17 bits per heavy atom. The maximum atomic E-state index is 12.7. The number of hydrogen-bond donors (Lipinski definition) is 0. The van der Waals surface area contributed by atoms with Crippen molar-refractivity contribution in [3.8, 4) is 0 Å². The monoisotopic (exact) mass is 316 g/mol. The number of hydrogen-bond acceptors (Lipinski definition) is 4. The highest BCUT2D eigenvalue weighted by Gasteiger charge is 2.27. The highest BCUT2D eigenvalue weighted by molar-refractivity contribution is 5.94. The fraction of sp³-hybridized carbons (Fsp3) is 0.722. The van der Waals surface area contributed by atoms with Crippen LogP contribution in [-0.4, -0.2) is 46.5 Å². The number of carbonyl (C=O) groups excluding carboxylic acids is 1. The van der Waals surface area contributed by atoms with Crippen LogP contribution in [0.4, 0.5) is 5.95 Å². The zero-order valence-corrected chi connectivity index (χ0v) is 14.4. The largest absolute Gasteiger partial charge is 0.341 e. The molecule has 3 heterocycles. The van der Waals surface area contributed by atoms with Gasteiger partial charge in [0.15, 0.2) is 0 Å². The van der Waals surface area contributed by atoms with Gasteiger partial charge in [-0.25, -0.2) is 9.97 Å². The zero-order chi connectivity index (χ0) is 16.2. The SMILES string of the molecule is CCC1CCCCN1C(=O)c1cnc(N2CCCC(C)C2)nc1. The first-order valence-corrected chi connectivity index (χ1v) is 9.07. The Kier molecular flexibility index (Phi) is 5.13. The zero-order valence-electron chi connectivity index (χ0n) is 14.4. The molecular formula is C18H28N4O. The van der Waals surface area contributed by atoms with Crippen LogP contribution in [0.1, 0.15) is 62.7 Å². The molecule has 23 heavy (non-hydrogen) atoms. The van der Waals surface area contributed by atoms with Crippen LogP contribution >= 0.6 is 0 Å². The minimum atomic E-state index is 0.0927. The van der Waals surface area contributed by atoms with E-state index in [1.54, 1.807) is 12.4 Å². The van der Waals surface area contributed by atoms with Crippen molar-refractivity contribution < 1.29 is 4.79 Å². The van der Waals surface area contributed by atoms with Crippen LogP contribution in [0.3, 0.4) is 0 Å². The van der Waals surface area contributed by atoms with Crippen molar-refractivity contribution in [3.63, 3.8) is 0 Å². The molecule has 2 saturated heterocycles. The van der Waals surface area contributed by atoms with Crippen molar-refractivity contribution in [2.45, 2.75) is 58.4 Å². The lowest BCUT2D eigenvalue weighted by Crippen LogP contribution is -2.43. The molecule has 126 valence electrons. The second-order valence-corrected chi connectivity index (χ2v) is 7.02. The number of nitrogens with zero attached hydrogens (tertiary/aromatic N) is 4. The molecule has 1 aromatic rings. The van der Waals surface area contributed by atoms with Gasteiger partial charge in [0, 0.05) is 38.1 Å². The second kappa shape index (κ2) is 7.28. The second-order valence-electron chi connectivity index (χ2n) is 7.02. The first-order chi connectivity index (χ1) is 11.2. The summed E-state index contributed by atoms with van der Waals surface area (Å²) in [6, 6.07) is 0.374. The highest BCUT2D eigenvalue weighted by atomic mass is 16.2. The molecule has 0 saturated carbocycles. The van der Waals surface area contributed by atoms with Crippen molar-refractivity contribution >= 4 is 11.9 Å². The molecule has 0 bridgehead atoms. The van der Waals surface area contributed by atoms with Gasteiger partial charge in [-0.1, -0.05) is 13.8 Å². The molecule has 1 amide bonds. The number of amides is 1. The first kappa shape index (κ1) is 16.2. The van der Waals surface area contributed by atoms with Crippen LogP contribution < -0.4 is 4.90 Å². The van der Waals surface area contributed by atoms with E-state index in [-0.39, 0.29) is 5.91 Å². The summed E-state index contributed by atoms with van der Waals surface area (Å²) in [6.45, 7) is 7.32. The maximum absolute atomic E-state index is 12.7. The quantitative estimate of drug-likeness (QED) is 0.859. The maximum Gasteiger partial charge on any atom is 0.257 e. The molecule has 2 atom stereocenters. The Labute approximate surface area is 139 Å². The van der Waals surface area contributed by atoms with Gasteiger partial charge in [-0.3, -0.25) is 4.79 Å². The van der Waals surface area contributed by atoms with E-state index in [0.717, 1.165) is 44.8 Å². The van der Waals surface area contributed by atoms with Gasteiger partial charge in [0.05, 0.1) is 5.56 Å². The van der Waals surface area contributed by atoms with E-state index in [9.17, 15) is 4.79 Å². The molecule has 1 aromatic heterocycles. The molecule has 0 radical (unpaired) electrons. The fourth-order valence-electron chi connectivity index (χ4n) is 3.82. The predicted molar refractivity (Wildman–Crippen MR) is 91.6 cm³/mol. The summed E-state index contributed by atoms with van der Waals surface area (Å²) in [6.07, 6.45) is 10.4. The number of rotatable bonds is 3. The van der Waals surface area contributed by atoms with Crippen LogP contribution in [0, 0.1) is 5.92 Å². The lowest BCUT2D eigenvalue weighted by molar-refractivity contribution is 0.0607. The van der Waals surface area contributed by atoms with Crippen molar-refractivity contribution in [3.05, 3.63) is 18.0 Å². The van der Waals surface area contributed by atoms with E-state index < -0.39 is 0 Å². The molecule has 0 N–H and O–H groups in total. The molecule has 0 aromatic carbocycles. The molecule has 0 spiro atoms. The molecule has 2 unspecified atom stereocenters. The number of carbonyl (C=O) groups is 1. The first-order valence-electron chi connectivity index (χ1n) is 9.07. The normalized spacial score (nSPS) is 25.5. The van der Waals surface area contributed by atoms with Gasteiger partial charge >= 0.3 is 0 Å². The summed E-state index contributed by atoms with van der Waals surface area (Å²) in [5, 5.41) is 0. The highest BCUT2D eigenvalue weighted by Crippen LogP contribution is 2.23. The fourth-order valence-corrected chi connectivity index (χ4v) is 3.82. The van der Waals surface area contributed by atoms with Crippen LogP contribution in [0.25, 0.3) is 0 Å². The third-order valence-electron chi connectivity index (χ3n) is 5.18. The summed E-state index contributed by atoms with van der Waals surface area (Å²) >= 11 is 0. The van der Waals surface area contributed by atoms with Crippen LogP contribution in [0.15, 0.2) is 12.4 Å². The van der Waals surface area contributed by atoms with Gasteiger partial charge in [0.2, 0.25) is 5.95 Å². The molecule has 2 aliphatic heterocycles. The van der Waals surface area contributed by atoms with E-state index in [2.05, 4.69) is 28.7 Å². The van der Waals surface area contributed by atoms with E-state index in [4.69, 9.17) is 0 Å².